The summed E-state index contributed by atoms with van der Waals surface area (Å²) in [6.45, 7) is 4.41. The van der Waals surface area contributed by atoms with Gasteiger partial charge in [-0.1, -0.05) is 0 Å². The maximum Gasteiger partial charge on any atom is 0.173 e. The molecule has 0 spiro atoms. The molecule has 5 heteroatoms. The van der Waals surface area contributed by atoms with Crippen molar-refractivity contribution < 1.29 is 0 Å². The lowest BCUT2D eigenvalue weighted by atomic mass is 10.3. The zero-order valence-corrected chi connectivity index (χ0v) is 9.76. The van der Waals surface area contributed by atoms with Gasteiger partial charge in [0.15, 0.2) is 5.82 Å². The van der Waals surface area contributed by atoms with Crippen LogP contribution in [0.15, 0.2) is 6.20 Å². The second-order valence-corrected chi connectivity index (χ2v) is 4.84. The van der Waals surface area contributed by atoms with Crippen LogP contribution in [0.5, 0.6) is 0 Å². The average Bonchev–Trinajstić information content (AvgIpc) is 3.05. The first-order valence-electron chi connectivity index (χ1n) is 6.02. The molecule has 5 nitrogen and oxygen atoms in total. The molecule has 1 aromatic heterocycles. The highest BCUT2D eigenvalue weighted by molar-refractivity contribution is 5.61. The lowest BCUT2D eigenvalue weighted by Crippen LogP contribution is -2.47. The van der Waals surface area contributed by atoms with Crippen LogP contribution in [0, 0.1) is 0 Å². The molecule has 2 heterocycles. The minimum absolute atomic E-state index is 0.794. The van der Waals surface area contributed by atoms with E-state index in [1.54, 1.807) is 4.68 Å². The van der Waals surface area contributed by atoms with Crippen LogP contribution in [0.3, 0.4) is 0 Å². The third-order valence-electron chi connectivity index (χ3n) is 3.51. The number of aryl methyl sites for hydroxylation is 1. The lowest BCUT2D eigenvalue weighted by molar-refractivity contribution is 0.247. The van der Waals surface area contributed by atoms with Gasteiger partial charge in [-0.3, -0.25) is 9.58 Å². The third-order valence-corrected chi connectivity index (χ3v) is 3.51. The molecule has 1 aliphatic carbocycles. The van der Waals surface area contributed by atoms with Crippen molar-refractivity contribution in [3.63, 3.8) is 0 Å². The Kier molecular flexibility index (Phi) is 2.28. The van der Waals surface area contributed by atoms with Crippen LogP contribution < -0.4 is 10.6 Å². The SMILES string of the molecule is Cn1cc(N)c(N2CCN(C3CC3)CC2)n1. The first-order chi connectivity index (χ1) is 7.74. The van der Waals surface area contributed by atoms with E-state index in [4.69, 9.17) is 5.73 Å². The summed E-state index contributed by atoms with van der Waals surface area (Å²) < 4.78 is 1.79. The fraction of sp³-hybridized carbons (Fsp3) is 0.727. The first-order valence-corrected chi connectivity index (χ1v) is 6.02. The van der Waals surface area contributed by atoms with Crippen molar-refractivity contribution in [2.24, 2.45) is 7.05 Å². The number of hydrogen-bond donors (Lipinski definition) is 1. The van der Waals surface area contributed by atoms with Crippen LogP contribution in [-0.4, -0.2) is 46.9 Å². The Morgan fingerprint density at radius 3 is 2.44 bits per heavy atom. The van der Waals surface area contributed by atoms with Crippen molar-refractivity contribution in [3.8, 4) is 0 Å². The van der Waals surface area contributed by atoms with E-state index >= 15 is 0 Å². The number of aromatic nitrogens is 2. The van der Waals surface area contributed by atoms with E-state index in [-0.39, 0.29) is 0 Å². The Labute approximate surface area is 95.8 Å². The van der Waals surface area contributed by atoms with Gasteiger partial charge in [0.25, 0.3) is 0 Å². The Bertz CT molecular complexity index is 374. The molecule has 1 aromatic rings. The van der Waals surface area contributed by atoms with Crippen molar-refractivity contribution in [2.45, 2.75) is 18.9 Å². The fourth-order valence-corrected chi connectivity index (χ4v) is 2.48. The molecule has 16 heavy (non-hydrogen) atoms. The van der Waals surface area contributed by atoms with Gasteiger partial charge in [-0.15, -0.1) is 0 Å². The molecular weight excluding hydrogens is 202 g/mol. The van der Waals surface area contributed by atoms with Gasteiger partial charge in [0.1, 0.15) is 0 Å². The topological polar surface area (TPSA) is 50.3 Å². The molecule has 88 valence electrons. The summed E-state index contributed by atoms with van der Waals surface area (Å²) in [7, 11) is 1.92. The van der Waals surface area contributed by atoms with Gasteiger partial charge in [0.05, 0.1) is 5.69 Å². The number of nitrogens with zero attached hydrogens (tertiary/aromatic N) is 4. The molecule has 0 amide bonds. The smallest absolute Gasteiger partial charge is 0.173 e. The quantitative estimate of drug-likeness (QED) is 0.779. The minimum atomic E-state index is 0.794. The molecule has 3 rings (SSSR count). The summed E-state index contributed by atoms with van der Waals surface area (Å²) in [4.78, 5) is 4.89. The number of nitrogens with two attached hydrogens (primary N) is 1. The molecule has 2 aliphatic rings. The van der Waals surface area contributed by atoms with E-state index in [9.17, 15) is 0 Å². The number of anilines is 2. The van der Waals surface area contributed by atoms with Gasteiger partial charge in [-0.05, 0) is 12.8 Å². The van der Waals surface area contributed by atoms with Crippen molar-refractivity contribution in [3.05, 3.63) is 6.20 Å². The predicted octanol–water partition coefficient (Wildman–Crippen LogP) is 0.287. The van der Waals surface area contributed by atoms with E-state index in [1.165, 1.54) is 12.8 Å². The highest BCUT2D eigenvalue weighted by Gasteiger charge is 2.31. The van der Waals surface area contributed by atoms with E-state index in [1.807, 2.05) is 13.2 Å². The van der Waals surface area contributed by atoms with Crippen LogP contribution in [0.2, 0.25) is 0 Å². The summed E-state index contributed by atoms with van der Waals surface area (Å²) in [6, 6.07) is 0.878. The van der Waals surface area contributed by atoms with Crippen LogP contribution in [0.1, 0.15) is 12.8 Å². The maximum absolute atomic E-state index is 5.94. The van der Waals surface area contributed by atoms with E-state index in [0.717, 1.165) is 43.7 Å². The summed E-state index contributed by atoms with van der Waals surface area (Å²) in [5, 5.41) is 4.42. The average molecular weight is 221 g/mol. The number of rotatable bonds is 2. The van der Waals surface area contributed by atoms with E-state index < -0.39 is 0 Å². The zero-order chi connectivity index (χ0) is 11.1. The molecule has 0 radical (unpaired) electrons. The zero-order valence-electron chi connectivity index (χ0n) is 9.76. The number of hydrogen-bond acceptors (Lipinski definition) is 4. The lowest BCUT2D eigenvalue weighted by Gasteiger charge is -2.35. The highest BCUT2D eigenvalue weighted by atomic mass is 15.4. The second kappa shape index (κ2) is 3.66. The molecule has 1 saturated heterocycles. The van der Waals surface area contributed by atoms with Crippen LogP contribution in [0.25, 0.3) is 0 Å². The summed E-state index contributed by atoms with van der Waals surface area (Å²) in [5.41, 5.74) is 6.73. The second-order valence-electron chi connectivity index (χ2n) is 4.84. The monoisotopic (exact) mass is 221 g/mol. The van der Waals surface area contributed by atoms with Gasteiger partial charge in [-0.2, -0.15) is 5.10 Å². The molecule has 2 N–H and O–H groups in total. The molecule has 0 atom stereocenters. The normalized spacial score (nSPS) is 22.7. The Balaban J connectivity index is 1.66. The standard InChI is InChI=1S/C11H19N5/c1-14-8-10(12)11(13-14)16-6-4-15(5-7-16)9-2-3-9/h8-9H,2-7,12H2,1H3. The molecule has 2 fully saturated rings. The van der Waals surface area contributed by atoms with Gasteiger partial charge < -0.3 is 10.6 Å². The Morgan fingerprint density at radius 2 is 1.94 bits per heavy atom. The van der Waals surface area contributed by atoms with Crippen molar-refractivity contribution in [1.29, 1.82) is 0 Å². The van der Waals surface area contributed by atoms with Gasteiger partial charge in [-0.25, -0.2) is 0 Å². The van der Waals surface area contributed by atoms with E-state index in [0.29, 0.717) is 0 Å². The molecule has 1 aliphatic heterocycles. The number of nitrogen functional groups attached to an aromatic ring is 1. The van der Waals surface area contributed by atoms with Crippen LogP contribution >= 0.6 is 0 Å². The molecular formula is C11H19N5. The largest absolute Gasteiger partial charge is 0.394 e. The first kappa shape index (κ1) is 9.96. The predicted molar refractivity (Wildman–Crippen MR) is 64.4 cm³/mol. The summed E-state index contributed by atoms with van der Waals surface area (Å²) >= 11 is 0. The molecule has 0 aromatic carbocycles. The van der Waals surface area contributed by atoms with Gasteiger partial charge in [0.2, 0.25) is 0 Å². The van der Waals surface area contributed by atoms with E-state index in [2.05, 4.69) is 14.9 Å². The number of piperazine rings is 1. The van der Waals surface area contributed by atoms with Gasteiger partial charge in [0, 0.05) is 45.5 Å². The Hall–Kier alpha value is -1.23. The fourth-order valence-electron chi connectivity index (χ4n) is 2.48. The Morgan fingerprint density at radius 1 is 1.25 bits per heavy atom. The third kappa shape index (κ3) is 1.75. The van der Waals surface area contributed by atoms with Crippen LogP contribution in [0.4, 0.5) is 11.5 Å². The van der Waals surface area contributed by atoms with Crippen molar-refractivity contribution >= 4 is 11.5 Å². The molecule has 0 unspecified atom stereocenters. The molecule has 0 bridgehead atoms. The van der Waals surface area contributed by atoms with Crippen LogP contribution in [-0.2, 0) is 7.05 Å². The van der Waals surface area contributed by atoms with Crippen molar-refractivity contribution in [1.82, 2.24) is 14.7 Å². The van der Waals surface area contributed by atoms with Crippen molar-refractivity contribution in [2.75, 3.05) is 36.8 Å². The minimum Gasteiger partial charge on any atom is -0.394 e. The molecule has 1 saturated carbocycles. The highest BCUT2D eigenvalue weighted by Crippen LogP contribution is 2.29. The summed E-state index contributed by atoms with van der Waals surface area (Å²) in [5.74, 6) is 0.956. The summed E-state index contributed by atoms with van der Waals surface area (Å²) in [6.07, 6.45) is 4.67. The maximum atomic E-state index is 5.94. The van der Waals surface area contributed by atoms with Gasteiger partial charge >= 0.3 is 0 Å².